The molecule has 2 aromatic heterocycles. The van der Waals surface area contributed by atoms with Gasteiger partial charge in [-0.25, -0.2) is 9.98 Å². The first-order chi connectivity index (χ1) is 17.0. The van der Waals surface area contributed by atoms with E-state index in [4.69, 9.17) is 19.5 Å². The quantitative estimate of drug-likeness (QED) is 0.367. The van der Waals surface area contributed by atoms with Crippen molar-refractivity contribution in [1.82, 2.24) is 9.38 Å². The van der Waals surface area contributed by atoms with Crippen molar-refractivity contribution >= 4 is 40.2 Å². The number of anilines is 1. The minimum absolute atomic E-state index is 0.167. The van der Waals surface area contributed by atoms with E-state index in [2.05, 4.69) is 0 Å². The Kier molecular flexibility index (Phi) is 5.30. The van der Waals surface area contributed by atoms with Crippen molar-refractivity contribution in [1.29, 1.82) is 0 Å². The molecular weight excluding hydrogens is 460 g/mol. The summed E-state index contributed by atoms with van der Waals surface area (Å²) in [5.74, 6) is 1.79. The molecule has 2 aromatic carbocycles. The van der Waals surface area contributed by atoms with E-state index in [-0.39, 0.29) is 12.7 Å². The van der Waals surface area contributed by atoms with Crippen LogP contribution in [0.25, 0.3) is 11.7 Å². The minimum atomic E-state index is -0.167. The Hall–Kier alpha value is -4.04. The maximum atomic E-state index is 13.5. The van der Waals surface area contributed by atoms with Gasteiger partial charge in [0.1, 0.15) is 11.3 Å². The molecule has 6 rings (SSSR count). The summed E-state index contributed by atoms with van der Waals surface area (Å²) >= 11 is 1.50. The van der Waals surface area contributed by atoms with Gasteiger partial charge in [-0.05, 0) is 61.4 Å². The summed E-state index contributed by atoms with van der Waals surface area (Å²) in [5.41, 5.74) is 6.09. The Morgan fingerprint density at radius 3 is 2.71 bits per heavy atom. The number of pyridine rings is 1. The molecule has 0 saturated heterocycles. The second kappa shape index (κ2) is 8.63. The van der Waals surface area contributed by atoms with Gasteiger partial charge in [0, 0.05) is 18.1 Å². The molecule has 4 heterocycles. The lowest BCUT2D eigenvalue weighted by molar-refractivity contribution is -0.113. The van der Waals surface area contributed by atoms with Crippen molar-refractivity contribution in [2.24, 2.45) is 4.99 Å². The number of hydrogen-bond acceptors (Lipinski definition) is 6. The third-order valence-electron chi connectivity index (χ3n) is 5.90. The van der Waals surface area contributed by atoms with Gasteiger partial charge in [-0.3, -0.25) is 9.69 Å². The molecule has 2 aliphatic rings. The first-order valence-corrected chi connectivity index (χ1v) is 12.2. The van der Waals surface area contributed by atoms with Crippen LogP contribution in [0.4, 0.5) is 5.69 Å². The number of amides is 1. The van der Waals surface area contributed by atoms with Crippen LogP contribution in [0.1, 0.15) is 22.4 Å². The fraction of sp³-hybridized carbons (Fsp3) is 0.148. The topological polar surface area (TPSA) is 68.4 Å². The number of nitrogens with zero attached hydrogens (tertiary/aromatic N) is 4. The number of imidazole rings is 1. The first-order valence-electron chi connectivity index (χ1n) is 11.2. The molecule has 7 nitrogen and oxygen atoms in total. The number of aryl methyl sites for hydroxylation is 2. The molecule has 0 bridgehead atoms. The van der Waals surface area contributed by atoms with Crippen LogP contribution >= 0.6 is 11.8 Å². The Balaban J connectivity index is 1.33. The van der Waals surface area contributed by atoms with Gasteiger partial charge in [0.25, 0.3) is 5.91 Å². The predicted octanol–water partition coefficient (Wildman–Crippen LogP) is 5.36. The zero-order chi connectivity index (χ0) is 23.9. The van der Waals surface area contributed by atoms with Crippen LogP contribution in [0, 0.1) is 13.8 Å². The highest BCUT2D eigenvalue weighted by atomic mass is 32.2. The summed E-state index contributed by atoms with van der Waals surface area (Å²) in [7, 11) is 0. The van der Waals surface area contributed by atoms with Crippen LogP contribution in [0.15, 0.2) is 77.7 Å². The van der Waals surface area contributed by atoms with E-state index in [1.807, 2.05) is 85.2 Å². The van der Waals surface area contributed by atoms with Crippen molar-refractivity contribution < 1.29 is 14.3 Å². The molecule has 1 amide bonds. The lowest BCUT2D eigenvalue weighted by Gasteiger charge is -2.17. The number of aliphatic imine (C=N–C) groups is 1. The fourth-order valence-electron chi connectivity index (χ4n) is 4.09. The van der Waals surface area contributed by atoms with Gasteiger partial charge >= 0.3 is 0 Å². The first kappa shape index (κ1) is 21.5. The van der Waals surface area contributed by atoms with Crippen LogP contribution in [0.5, 0.6) is 11.5 Å². The molecular formula is C27H22N4O3S. The average Bonchev–Trinajstić information content (AvgIpc) is 3.56. The molecule has 0 saturated carbocycles. The lowest BCUT2D eigenvalue weighted by atomic mass is 10.1. The maximum Gasteiger partial charge on any atom is 0.283 e. The third-order valence-corrected chi connectivity index (χ3v) is 6.87. The van der Waals surface area contributed by atoms with Gasteiger partial charge in [-0.15, -0.1) is 0 Å². The summed E-state index contributed by atoms with van der Waals surface area (Å²) in [5, 5.41) is 0.625. The molecule has 8 heteroatoms. The molecule has 0 radical (unpaired) electrons. The van der Waals surface area contributed by atoms with Crippen LogP contribution in [-0.4, -0.2) is 27.3 Å². The number of carbonyl (C=O) groups excluding carboxylic acids is 1. The van der Waals surface area contributed by atoms with Crippen molar-refractivity contribution in [3.63, 3.8) is 0 Å². The maximum absolute atomic E-state index is 13.5. The number of amidine groups is 1. The van der Waals surface area contributed by atoms with Crippen molar-refractivity contribution in [2.45, 2.75) is 19.6 Å². The van der Waals surface area contributed by atoms with Crippen LogP contribution < -0.4 is 14.4 Å². The summed E-state index contributed by atoms with van der Waals surface area (Å²) in [6, 6.07) is 17.5. The number of rotatable bonds is 4. The van der Waals surface area contributed by atoms with Gasteiger partial charge in [0.05, 0.1) is 11.4 Å². The van der Waals surface area contributed by atoms with Gasteiger partial charge in [-0.2, -0.15) is 0 Å². The predicted molar refractivity (Wildman–Crippen MR) is 138 cm³/mol. The van der Waals surface area contributed by atoms with E-state index < -0.39 is 0 Å². The van der Waals surface area contributed by atoms with E-state index in [0.29, 0.717) is 28.1 Å². The van der Waals surface area contributed by atoms with Gasteiger partial charge in [-0.1, -0.05) is 41.6 Å². The van der Waals surface area contributed by atoms with E-state index >= 15 is 0 Å². The normalized spacial score (nSPS) is 15.9. The second-order valence-corrected chi connectivity index (χ2v) is 9.40. The highest BCUT2D eigenvalue weighted by Crippen LogP contribution is 2.35. The minimum Gasteiger partial charge on any atom is -0.454 e. The highest BCUT2D eigenvalue weighted by molar-refractivity contribution is 8.13. The van der Waals surface area contributed by atoms with E-state index in [0.717, 1.165) is 33.7 Å². The number of fused-ring (bicyclic) bond motifs is 2. The summed E-state index contributed by atoms with van der Waals surface area (Å²) < 4.78 is 12.9. The zero-order valence-electron chi connectivity index (χ0n) is 19.3. The Morgan fingerprint density at radius 2 is 1.89 bits per heavy atom. The Morgan fingerprint density at radius 1 is 1.06 bits per heavy atom. The van der Waals surface area contributed by atoms with Crippen molar-refractivity contribution in [3.8, 4) is 11.5 Å². The van der Waals surface area contributed by atoms with Gasteiger partial charge < -0.3 is 13.9 Å². The van der Waals surface area contributed by atoms with E-state index in [9.17, 15) is 4.79 Å². The Bertz CT molecular complexity index is 1520. The second-order valence-electron chi connectivity index (χ2n) is 8.46. The van der Waals surface area contributed by atoms with Gasteiger partial charge in [0.15, 0.2) is 16.7 Å². The number of hydrogen-bond donors (Lipinski definition) is 0. The summed E-state index contributed by atoms with van der Waals surface area (Å²) in [6.07, 6.45) is 5.80. The molecule has 174 valence electrons. The number of ether oxygens (including phenoxy) is 2. The average molecular weight is 483 g/mol. The van der Waals surface area contributed by atoms with Crippen LogP contribution in [0.2, 0.25) is 0 Å². The lowest BCUT2D eigenvalue weighted by Crippen LogP contribution is -2.30. The molecule has 0 aliphatic carbocycles. The molecule has 2 aliphatic heterocycles. The van der Waals surface area contributed by atoms with Crippen LogP contribution in [0.3, 0.4) is 0 Å². The number of carbonyl (C=O) groups is 1. The molecule has 4 aromatic rings. The van der Waals surface area contributed by atoms with Gasteiger partial charge in [0.2, 0.25) is 6.79 Å². The summed E-state index contributed by atoms with van der Waals surface area (Å²) in [4.78, 5) is 24.7. The molecule has 0 atom stereocenters. The molecule has 0 spiro atoms. The zero-order valence-corrected chi connectivity index (χ0v) is 20.1. The molecule has 0 N–H and O–H groups in total. The smallest absolute Gasteiger partial charge is 0.283 e. The third kappa shape index (κ3) is 4.06. The molecule has 0 fully saturated rings. The van der Waals surface area contributed by atoms with E-state index in [1.54, 1.807) is 11.0 Å². The summed E-state index contributed by atoms with van der Waals surface area (Å²) in [6.45, 7) is 4.28. The number of thioether (sulfide) groups is 1. The molecule has 35 heavy (non-hydrogen) atoms. The van der Waals surface area contributed by atoms with E-state index in [1.165, 1.54) is 11.8 Å². The SMILES string of the molecule is Cc1ccc(N2C(=O)C(=Cc3ccc4c(c3)OCO4)N=C2SCc2cn3cccc(C)c3n2)cc1. The van der Waals surface area contributed by atoms with Crippen LogP contribution in [-0.2, 0) is 10.5 Å². The fourth-order valence-corrected chi connectivity index (χ4v) is 4.98. The highest BCUT2D eigenvalue weighted by Gasteiger charge is 2.32. The number of aromatic nitrogens is 2. The number of benzene rings is 2. The standard InChI is InChI=1S/C27H22N4O3S/c1-17-5-8-21(9-6-17)31-26(32)22(12-19-7-10-23-24(13-19)34-16-33-23)29-27(31)35-15-20-14-30-11-3-4-18(2)25(30)28-20/h3-14H,15-16H2,1-2H3. The molecule has 0 unspecified atom stereocenters. The monoisotopic (exact) mass is 482 g/mol. The van der Waals surface area contributed by atoms with Crippen molar-refractivity contribution in [3.05, 3.63) is 95.1 Å². The Labute approximate surface area is 206 Å². The largest absolute Gasteiger partial charge is 0.454 e. The van der Waals surface area contributed by atoms with Crippen molar-refractivity contribution in [2.75, 3.05) is 11.7 Å².